The molecule has 0 radical (unpaired) electrons. The standard InChI is InChI=1S/C13H13N3O3S2/c1-9(17)20-8-11(18)14-13-16-15-12(21-13)7-19-10-5-3-2-4-6-10/h2-6H,7-8H2,1H3,(H,14,16,18). The highest BCUT2D eigenvalue weighted by Gasteiger charge is 2.09. The molecule has 0 atom stereocenters. The third kappa shape index (κ3) is 5.52. The molecule has 1 amide bonds. The number of benzene rings is 1. The van der Waals surface area contributed by atoms with Crippen LogP contribution in [0.25, 0.3) is 0 Å². The van der Waals surface area contributed by atoms with Gasteiger partial charge < -0.3 is 4.74 Å². The van der Waals surface area contributed by atoms with Gasteiger partial charge in [0.15, 0.2) is 10.1 Å². The van der Waals surface area contributed by atoms with E-state index < -0.39 is 0 Å². The van der Waals surface area contributed by atoms with E-state index in [1.54, 1.807) is 0 Å². The Morgan fingerprint density at radius 2 is 2.05 bits per heavy atom. The number of amides is 1. The van der Waals surface area contributed by atoms with Crippen LogP contribution >= 0.6 is 23.1 Å². The minimum atomic E-state index is -0.276. The monoisotopic (exact) mass is 323 g/mol. The molecule has 0 saturated heterocycles. The molecule has 0 aliphatic carbocycles. The Bertz CT molecular complexity index is 616. The summed E-state index contributed by atoms with van der Waals surface area (Å²) >= 11 is 2.20. The predicted octanol–water partition coefficient (Wildman–Crippen LogP) is 2.34. The Hall–Kier alpha value is -1.93. The van der Waals surface area contributed by atoms with Crippen LogP contribution in [0, 0.1) is 0 Å². The van der Waals surface area contributed by atoms with Gasteiger partial charge in [-0.15, -0.1) is 10.2 Å². The molecular weight excluding hydrogens is 310 g/mol. The van der Waals surface area contributed by atoms with Crippen molar-refractivity contribution in [1.29, 1.82) is 0 Å². The smallest absolute Gasteiger partial charge is 0.236 e. The largest absolute Gasteiger partial charge is 0.486 e. The number of aromatic nitrogens is 2. The molecule has 2 aromatic rings. The van der Waals surface area contributed by atoms with Gasteiger partial charge in [-0.25, -0.2) is 0 Å². The van der Waals surface area contributed by atoms with E-state index in [4.69, 9.17) is 4.74 Å². The molecule has 110 valence electrons. The molecule has 0 aliphatic rings. The second-order valence-electron chi connectivity index (χ2n) is 3.93. The second-order valence-corrected chi connectivity index (χ2v) is 6.15. The lowest BCUT2D eigenvalue weighted by molar-refractivity contribution is -0.114. The van der Waals surface area contributed by atoms with Crippen molar-refractivity contribution >= 4 is 39.3 Å². The van der Waals surface area contributed by atoms with Crippen LogP contribution < -0.4 is 10.1 Å². The highest BCUT2D eigenvalue weighted by molar-refractivity contribution is 8.14. The van der Waals surface area contributed by atoms with Crippen molar-refractivity contribution in [1.82, 2.24) is 10.2 Å². The van der Waals surface area contributed by atoms with Gasteiger partial charge in [-0.2, -0.15) is 0 Å². The average Bonchev–Trinajstić information content (AvgIpc) is 2.91. The zero-order valence-electron chi connectivity index (χ0n) is 11.2. The highest BCUT2D eigenvalue weighted by Crippen LogP contribution is 2.18. The van der Waals surface area contributed by atoms with Crippen LogP contribution in [0.2, 0.25) is 0 Å². The highest BCUT2D eigenvalue weighted by atomic mass is 32.2. The number of para-hydroxylation sites is 1. The first kappa shape index (κ1) is 15.5. The van der Waals surface area contributed by atoms with Gasteiger partial charge in [0, 0.05) is 6.92 Å². The number of carbonyl (C=O) groups excluding carboxylic acids is 2. The maximum absolute atomic E-state index is 11.5. The first-order chi connectivity index (χ1) is 10.1. The molecule has 1 aromatic heterocycles. The fourth-order valence-corrected chi connectivity index (χ4v) is 2.42. The molecule has 2 rings (SSSR count). The number of ether oxygens (including phenoxy) is 1. The van der Waals surface area contributed by atoms with Crippen LogP contribution in [-0.2, 0) is 16.2 Å². The van der Waals surface area contributed by atoms with Crippen LogP contribution in [0.5, 0.6) is 5.75 Å². The van der Waals surface area contributed by atoms with Gasteiger partial charge >= 0.3 is 0 Å². The summed E-state index contributed by atoms with van der Waals surface area (Å²) in [6.45, 7) is 1.71. The van der Waals surface area contributed by atoms with Gasteiger partial charge in [0.25, 0.3) is 0 Å². The maximum Gasteiger partial charge on any atom is 0.236 e. The summed E-state index contributed by atoms with van der Waals surface area (Å²) < 4.78 is 5.54. The lowest BCUT2D eigenvalue weighted by Crippen LogP contribution is -2.14. The van der Waals surface area contributed by atoms with E-state index in [9.17, 15) is 9.59 Å². The van der Waals surface area contributed by atoms with E-state index in [1.807, 2.05) is 30.3 Å². The Kier molecular flexibility index (Phi) is 5.70. The summed E-state index contributed by atoms with van der Waals surface area (Å²) in [6.07, 6.45) is 0. The van der Waals surface area contributed by atoms with Crippen LogP contribution in [0.1, 0.15) is 11.9 Å². The number of nitrogens with zero attached hydrogens (tertiary/aromatic N) is 2. The van der Waals surface area contributed by atoms with Crippen molar-refractivity contribution in [2.24, 2.45) is 0 Å². The first-order valence-corrected chi connectivity index (χ1v) is 7.87. The Morgan fingerprint density at radius 1 is 1.29 bits per heavy atom. The number of carbonyl (C=O) groups is 2. The third-order valence-electron chi connectivity index (χ3n) is 2.23. The molecule has 0 saturated carbocycles. The molecule has 0 spiro atoms. The van der Waals surface area contributed by atoms with Gasteiger partial charge in [-0.3, -0.25) is 14.9 Å². The SMILES string of the molecule is CC(=O)SCC(=O)Nc1nnc(COc2ccccc2)s1. The average molecular weight is 323 g/mol. The minimum absolute atomic E-state index is 0.0742. The van der Waals surface area contributed by atoms with Gasteiger partial charge in [0.1, 0.15) is 12.4 Å². The van der Waals surface area contributed by atoms with E-state index in [0.29, 0.717) is 16.7 Å². The molecular formula is C13H13N3O3S2. The lowest BCUT2D eigenvalue weighted by atomic mass is 10.3. The third-order valence-corrected chi connectivity index (χ3v) is 3.85. The van der Waals surface area contributed by atoms with Crippen LogP contribution in [0.3, 0.4) is 0 Å². The molecule has 0 aliphatic heterocycles. The summed E-state index contributed by atoms with van der Waals surface area (Å²) in [5.41, 5.74) is 0. The van der Waals surface area contributed by atoms with Gasteiger partial charge in [-0.1, -0.05) is 41.3 Å². The summed E-state index contributed by atoms with van der Waals surface area (Å²) in [4.78, 5) is 22.3. The topological polar surface area (TPSA) is 81.2 Å². The summed E-state index contributed by atoms with van der Waals surface area (Å²) in [6, 6.07) is 9.37. The molecule has 1 N–H and O–H groups in total. The van der Waals surface area contributed by atoms with Crippen molar-refractivity contribution < 1.29 is 14.3 Å². The Morgan fingerprint density at radius 3 is 2.76 bits per heavy atom. The molecule has 21 heavy (non-hydrogen) atoms. The lowest BCUT2D eigenvalue weighted by Gasteiger charge is -2.01. The normalized spacial score (nSPS) is 10.1. The number of anilines is 1. The van der Waals surface area contributed by atoms with Crippen molar-refractivity contribution in [3.8, 4) is 5.75 Å². The Balaban J connectivity index is 1.81. The molecule has 1 heterocycles. The number of hydrogen-bond donors (Lipinski definition) is 1. The van der Waals surface area contributed by atoms with Crippen molar-refractivity contribution in [2.45, 2.75) is 13.5 Å². The fourth-order valence-electron chi connectivity index (χ4n) is 1.35. The van der Waals surface area contributed by atoms with Crippen LogP contribution in [0.15, 0.2) is 30.3 Å². The molecule has 6 nitrogen and oxygen atoms in total. The van der Waals surface area contributed by atoms with Gasteiger partial charge in [0.2, 0.25) is 11.0 Å². The summed E-state index contributed by atoms with van der Waals surface area (Å²) in [5.74, 6) is 0.545. The van der Waals surface area contributed by atoms with Crippen molar-refractivity contribution in [3.05, 3.63) is 35.3 Å². The zero-order chi connectivity index (χ0) is 15.1. The number of rotatable bonds is 6. The maximum atomic E-state index is 11.5. The first-order valence-electron chi connectivity index (χ1n) is 6.07. The van der Waals surface area contributed by atoms with E-state index >= 15 is 0 Å². The number of thioether (sulfide) groups is 1. The van der Waals surface area contributed by atoms with Crippen LogP contribution in [0.4, 0.5) is 5.13 Å². The van der Waals surface area contributed by atoms with E-state index in [-0.39, 0.29) is 16.8 Å². The van der Waals surface area contributed by atoms with E-state index in [0.717, 1.165) is 17.5 Å². The molecule has 1 aromatic carbocycles. The quantitative estimate of drug-likeness (QED) is 0.879. The molecule has 0 unspecified atom stereocenters. The molecule has 8 heteroatoms. The summed E-state index contributed by atoms with van der Waals surface area (Å²) in [7, 11) is 0. The second kappa shape index (κ2) is 7.75. The number of nitrogens with one attached hydrogen (secondary N) is 1. The van der Waals surface area contributed by atoms with Crippen LogP contribution in [-0.4, -0.2) is 27.0 Å². The zero-order valence-corrected chi connectivity index (χ0v) is 12.9. The fraction of sp³-hybridized carbons (Fsp3) is 0.231. The van der Waals surface area contributed by atoms with Gasteiger partial charge in [0.05, 0.1) is 5.75 Å². The van der Waals surface area contributed by atoms with Crippen molar-refractivity contribution in [3.63, 3.8) is 0 Å². The van der Waals surface area contributed by atoms with E-state index in [2.05, 4.69) is 15.5 Å². The van der Waals surface area contributed by atoms with E-state index in [1.165, 1.54) is 18.3 Å². The molecule has 0 fully saturated rings. The predicted molar refractivity (Wildman–Crippen MR) is 82.5 cm³/mol. The Labute approximate surface area is 129 Å². The number of hydrogen-bond acceptors (Lipinski definition) is 7. The van der Waals surface area contributed by atoms with Gasteiger partial charge in [-0.05, 0) is 12.1 Å². The summed E-state index contributed by atoms with van der Waals surface area (Å²) in [5, 5.41) is 11.3. The van der Waals surface area contributed by atoms with Crippen molar-refractivity contribution in [2.75, 3.05) is 11.1 Å². The minimum Gasteiger partial charge on any atom is -0.486 e. The molecule has 0 bridgehead atoms.